The highest BCUT2D eigenvalue weighted by Crippen LogP contribution is 2.70. The van der Waals surface area contributed by atoms with Crippen molar-refractivity contribution in [1.29, 1.82) is 0 Å². The van der Waals surface area contributed by atoms with E-state index in [1.165, 1.54) is 12.2 Å². The Labute approximate surface area is 301 Å². The molecule has 3 saturated carbocycles. The number of anilines is 1. The second kappa shape index (κ2) is 12.5. The fourth-order valence-electron chi connectivity index (χ4n) is 10.6. The number of hydrogen-bond acceptors (Lipinski definition) is 9. The standard InChI is InChI=1S/C39H42NO11P/c1-37-15-14-27(41)18-25(37)10-11-28-29-19-32-39(31(43)21-49-52(46,47)48,38(29,2)20-30(42)35(28)37)51-36(50-32)24-8-6-22(7-9-24)16-23-4-3-5-26(17-23)40-33(44)12-13-34(40)45/h3-9,12-15,17-18,27-30,32,35-36,41-42H,10-11,16,19-21H2,1-2H3,(H2,46,47,48)/t27?,28-,29-,30-,32+,35+,36+,37-,38-,39+/m0/s1. The Morgan fingerprint density at radius 1 is 1.04 bits per heavy atom. The van der Waals surface area contributed by atoms with E-state index in [2.05, 4.69) is 6.92 Å². The molecule has 0 bridgehead atoms. The van der Waals surface area contributed by atoms with E-state index < -0.39 is 61.2 Å². The van der Waals surface area contributed by atoms with Gasteiger partial charge in [0.1, 0.15) is 6.61 Å². The summed E-state index contributed by atoms with van der Waals surface area (Å²) in [6, 6.07) is 14.7. The van der Waals surface area contributed by atoms with Gasteiger partial charge in [-0.2, -0.15) is 0 Å². The van der Waals surface area contributed by atoms with E-state index in [9.17, 15) is 38.9 Å². The summed E-state index contributed by atoms with van der Waals surface area (Å²) in [5.41, 5.74) is 1.02. The van der Waals surface area contributed by atoms with Crippen molar-refractivity contribution >= 4 is 31.1 Å². The maximum atomic E-state index is 14.3. The molecule has 4 fully saturated rings. The third-order valence-electron chi connectivity index (χ3n) is 12.8. The van der Waals surface area contributed by atoms with E-state index in [0.29, 0.717) is 24.1 Å². The summed E-state index contributed by atoms with van der Waals surface area (Å²) in [7, 11) is -4.99. The highest BCUT2D eigenvalue weighted by atomic mass is 31.2. The van der Waals surface area contributed by atoms with Crippen molar-refractivity contribution < 1.29 is 52.9 Å². The van der Waals surface area contributed by atoms with Crippen molar-refractivity contribution in [2.45, 2.75) is 76.2 Å². The number of carbonyl (C=O) groups is 3. The first-order valence-corrected chi connectivity index (χ1v) is 19.2. The molecular formula is C39H42NO11P. The quantitative estimate of drug-likeness (QED) is 0.174. The lowest BCUT2D eigenvalue weighted by molar-refractivity contribution is -0.201. The maximum absolute atomic E-state index is 14.3. The average molecular weight is 732 g/mol. The molecule has 0 aromatic heterocycles. The molecule has 2 amide bonds. The zero-order valence-electron chi connectivity index (χ0n) is 28.8. The first-order valence-electron chi connectivity index (χ1n) is 17.7. The molecule has 8 rings (SSSR count). The second-order valence-electron chi connectivity index (χ2n) is 15.5. The lowest BCUT2D eigenvalue weighted by atomic mass is 9.46. The highest BCUT2D eigenvalue weighted by molar-refractivity contribution is 7.46. The molecule has 2 heterocycles. The van der Waals surface area contributed by atoms with Crippen molar-refractivity contribution in [3.05, 3.63) is 101 Å². The Bertz CT molecular complexity index is 1950. The van der Waals surface area contributed by atoms with E-state index in [0.717, 1.165) is 34.4 Å². The Morgan fingerprint density at radius 2 is 1.77 bits per heavy atom. The number of ether oxygens (including phenoxy) is 2. The number of aliphatic hydroxyl groups excluding tert-OH is 2. The number of rotatable bonds is 8. The molecule has 4 N–H and O–H groups in total. The van der Waals surface area contributed by atoms with Crippen LogP contribution in [0.4, 0.5) is 5.69 Å². The number of phosphoric acid groups is 1. The van der Waals surface area contributed by atoms with Crippen LogP contribution in [0.2, 0.25) is 0 Å². The minimum atomic E-state index is -4.99. The number of fused-ring (bicyclic) bond motifs is 7. The minimum absolute atomic E-state index is 0.00447. The van der Waals surface area contributed by atoms with Crippen molar-refractivity contribution in [2.75, 3.05) is 11.5 Å². The number of aliphatic hydroxyl groups is 2. The lowest BCUT2D eigenvalue weighted by Gasteiger charge is -2.60. The van der Waals surface area contributed by atoms with E-state index >= 15 is 0 Å². The van der Waals surface area contributed by atoms with Crippen LogP contribution in [-0.4, -0.2) is 68.1 Å². The molecule has 10 atom stereocenters. The van der Waals surface area contributed by atoms with E-state index in [1.807, 2.05) is 49.4 Å². The van der Waals surface area contributed by atoms with Crippen LogP contribution >= 0.6 is 7.82 Å². The molecule has 2 aromatic carbocycles. The maximum Gasteiger partial charge on any atom is 0.470 e. The SMILES string of the molecule is C[C@]12C=CC(O)C=C1CC[C@@H]1[C@@H]2[C@@H](O)C[C@@]2(C)[C@H]1C[C@H]1O[C@@H](c3ccc(Cc4cccc(N5C(=O)C=CC5=O)c4)cc3)O[C@]12C(=O)COP(=O)(O)O. The molecule has 0 radical (unpaired) electrons. The van der Waals surface area contributed by atoms with Gasteiger partial charge in [0.2, 0.25) is 0 Å². The van der Waals surface area contributed by atoms with Gasteiger partial charge in [0.05, 0.1) is 24.0 Å². The smallest absolute Gasteiger partial charge is 0.393 e. The van der Waals surface area contributed by atoms with Crippen molar-refractivity contribution in [2.24, 2.45) is 28.6 Å². The second-order valence-corrected chi connectivity index (χ2v) is 16.8. The average Bonchev–Trinajstić information content (AvgIpc) is 3.72. The number of hydrogen-bond donors (Lipinski definition) is 4. The van der Waals surface area contributed by atoms with Gasteiger partial charge in [-0.25, -0.2) is 9.46 Å². The van der Waals surface area contributed by atoms with Gasteiger partial charge in [0.15, 0.2) is 17.7 Å². The van der Waals surface area contributed by atoms with Gasteiger partial charge in [-0.15, -0.1) is 0 Å². The van der Waals surface area contributed by atoms with Crippen LogP contribution in [0.1, 0.15) is 62.5 Å². The lowest BCUT2D eigenvalue weighted by Crippen LogP contribution is -2.63. The first-order chi connectivity index (χ1) is 24.6. The molecule has 12 nitrogen and oxygen atoms in total. The number of allylic oxidation sites excluding steroid dienone is 2. The molecule has 274 valence electrons. The van der Waals surface area contributed by atoms with Crippen LogP contribution in [0, 0.1) is 28.6 Å². The van der Waals surface area contributed by atoms with Crippen molar-refractivity contribution in [3.63, 3.8) is 0 Å². The number of phosphoric ester groups is 1. The zero-order chi connectivity index (χ0) is 36.8. The van der Waals surface area contributed by atoms with Crippen LogP contribution < -0.4 is 4.90 Å². The van der Waals surface area contributed by atoms with Crippen LogP contribution in [0.15, 0.2) is 84.5 Å². The van der Waals surface area contributed by atoms with Gasteiger partial charge in [-0.05, 0) is 67.2 Å². The molecular weight excluding hydrogens is 689 g/mol. The number of imide groups is 1. The third-order valence-corrected chi connectivity index (χ3v) is 13.2. The summed E-state index contributed by atoms with van der Waals surface area (Å²) < 4.78 is 29.8. The van der Waals surface area contributed by atoms with Crippen LogP contribution in [0.25, 0.3) is 0 Å². The number of ketones is 1. The number of benzene rings is 2. The van der Waals surface area contributed by atoms with Crippen LogP contribution in [-0.2, 0) is 39.4 Å². The molecule has 4 aliphatic carbocycles. The van der Waals surface area contributed by atoms with Gasteiger partial charge in [-0.1, -0.05) is 74.0 Å². The molecule has 0 spiro atoms. The molecule has 13 heteroatoms. The largest absolute Gasteiger partial charge is 0.470 e. The summed E-state index contributed by atoms with van der Waals surface area (Å²) in [6.45, 7) is 3.16. The molecule has 52 heavy (non-hydrogen) atoms. The minimum Gasteiger partial charge on any atom is -0.393 e. The van der Waals surface area contributed by atoms with Gasteiger partial charge in [0.25, 0.3) is 11.8 Å². The Morgan fingerprint density at radius 3 is 2.48 bits per heavy atom. The summed E-state index contributed by atoms with van der Waals surface area (Å²) in [4.78, 5) is 58.8. The molecule has 2 aromatic rings. The molecule has 1 saturated heterocycles. The van der Waals surface area contributed by atoms with Gasteiger partial charge in [0, 0.05) is 34.5 Å². The number of Topliss-reactive ketones (excluding diaryl/α,β-unsaturated/α-hetero) is 1. The number of carbonyl (C=O) groups excluding carboxylic acids is 3. The van der Waals surface area contributed by atoms with E-state index in [-0.39, 0.29) is 36.0 Å². The summed E-state index contributed by atoms with van der Waals surface area (Å²) >= 11 is 0. The predicted molar refractivity (Wildman–Crippen MR) is 186 cm³/mol. The van der Waals surface area contributed by atoms with Gasteiger partial charge < -0.3 is 29.5 Å². The Hall–Kier alpha value is -3.58. The Kier molecular flexibility index (Phi) is 8.52. The summed E-state index contributed by atoms with van der Waals surface area (Å²) in [5.74, 6) is -1.68. The highest BCUT2D eigenvalue weighted by Gasteiger charge is 2.76. The normalized spacial score (nSPS) is 37.8. The monoisotopic (exact) mass is 731 g/mol. The number of amides is 2. The summed E-state index contributed by atoms with van der Waals surface area (Å²) in [5, 5.41) is 22.3. The fraction of sp³-hybridized carbons (Fsp3) is 0.462. The third kappa shape index (κ3) is 5.54. The van der Waals surface area contributed by atoms with Crippen LogP contribution in [0.5, 0.6) is 0 Å². The van der Waals surface area contributed by atoms with Crippen molar-refractivity contribution in [1.82, 2.24) is 0 Å². The number of nitrogens with zero attached hydrogens (tertiary/aromatic N) is 1. The van der Waals surface area contributed by atoms with E-state index in [1.54, 1.807) is 24.3 Å². The molecule has 6 aliphatic rings. The first kappa shape index (κ1) is 35.4. The molecule has 1 unspecified atom stereocenters. The van der Waals surface area contributed by atoms with Gasteiger partial charge >= 0.3 is 7.82 Å². The summed E-state index contributed by atoms with van der Waals surface area (Å²) in [6.07, 6.45) is 7.57. The van der Waals surface area contributed by atoms with Crippen LogP contribution in [0.3, 0.4) is 0 Å². The zero-order valence-corrected chi connectivity index (χ0v) is 29.7. The van der Waals surface area contributed by atoms with Gasteiger partial charge in [-0.3, -0.25) is 18.9 Å². The Balaban J connectivity index is 1.06. The topological polar surface area (TPSA) is 180 Å². The van der Waals surface area contributed by atoms with Crippen molar-refractivity contribution in [3.8, 4) is 0 Å². The van der Waals surface area contributed by atoms with E-state index in [4.69, 9.17) is 14.0 Å². The predicted octanol–water partition coefficient (Wildman–Crippen LogP) is 4.22. The fourth-order valence-corrected chi connectivity index (χ4v) is 10.9. The molecule has 2 aliphatic heterocycles.